The first-order chi connectivity index (χ1) is 23.7. The standard InChI is InChI=1S/C40H34N8/c1-3-37-36(38-41-28(2)43-48(38)44-37)27-29-23-25-30(26-24-29)34-21-13-14-22-35(34)39-42-45-46-47(39)40(31-15-7-4-8-16-31,32-17-9-5-10-18-32)33-19-11-6-12-20-33/h4-26,44H,3,27H2,1-2H3. The van der Waals surface area contributed by atoms with Crippen LogP contribution in [0.15, 0.2) is 140 Å². The van der Waals surface area contributed by atoms with Crippen LogP contribution in [0.1, 0.15) is 46.3 Å². The van der Waals surface area contributed by atoms with Gasteiger partial charge in [0.25, 0.3) is 0 Å². The van der Waals surface area contributed by atoms with Crippen molar-refractivity contribution in [2.45, 2.75) is 32.2 Å². The Morgan fingerprint density at radius 3 is 1.81 bits per heavy atom. The molecule has 0 aliphatic carbocycles. The van der Waals surface area contributed by atoms with Crippen molar-refractivity contribution in [3.63, 3.8) is 0 Å². The number of aromatic amines is 1. The third-order valence-electron chi connectivity index (χ3n) is 9.12. The highest BCUT2D eigenvalue weighted by Gasteiger charge is 2.42. The van der Waals surface area contributed by atoms with Crippen LogP contribution in [0.2, 0.25) is 0 Å². The lowest BCUT2D eigenvalue weighted by atomic mass is 9.77. The van der Waals surface area contributed by atoms with Crippen LogP contribution >= 0.6 is 0 Å². The zero-order chi connectivity index (χ0) is 32.5. The number of tetrazole rings is 1. The molecule has 0 unspecified atom stereocenters. The number of rotatable bonds is 9. The largest absolute Gasteiger partial charge is 0.280 e. The number of nitrogens with zero attached hydrogens (tertiary/aromatic N) is 7. The van der Waals surface area contributed by atoms with Crippen LogP contribution in [0, 0.1) is 6.92 Å². The molecule has 0 aliphatic rings. The molecule has 8 heteroatoms. The van der Waals surface area contributed by atoms with Crippen molar-refractivity contribution >= 4 is 5.65 Å². The van der Waals surface area contributed by atoms with E-state index in [1.54, 1.807) is 4.63 Å². The summed E-state index contributed by atoms with van der Waals surface area (Å²) in [6.45, 7) is 4.07. The Labute approximate surface area is 278 Å². The molecule has 0 amide bonds. The number of hydrogen-bond donors (Lipinski definition) is 1. The van der Waals surface area contributed by atoms with Gasteiger partial charge in [-0.15, -0.1) is 10.2 Å². The van der Waals surface area contributed by atoms with Gasteiger partial charge in [0.2, 0.25) is 0 Å². The predicted octanol–water partition coefficient (Wildman–Crippen LogP) is 7.68. The SMILES string of the molecule is CCc1[nH]n2nc(C)nc2c1Cc1ccc(-c2ccccc2-c2nnnn2C(c2ccccc2)(c2ccccc2)c2ccccc2)cc1. The van der Waals surface area contributed by atoms with Gasteiger partial charge >= 0.3 is 0 Å². The predicted molar refractivity (Wildman–Crippen MR) is 188 cm³/mol. The maximum atomic E-state index is 4.77. The Morgan fingerprint density at radius 1 is 0.667 bits per heavy atom. The molecule has 0 saturated heterocycles. The van der Waals surface area contributed by atoms with Crippen LogP contribution in [0.5, 0.6) is 0 Å². The molecular formula is C40H34N8. The fraction of sp³-hybridized carbons (Fsp3) is 0.125. The Hall–Kier alpha value is -6.15. The van der Waals surface area contributed by atoms with Crippen molar-refractivity contribution in [1.82, 2.24) is 40.0 Å². The number of fused-ring (bicyclic) bond motifs is 1. The minimum absolute atomic E-state index is 0.677. The summed E-state index contributed by atoms with van der Waals surface area (Å²) in [6, 6.07) is 48.6. The minimum atomic E-state index is -0.835. The molecule has 8 aromatic rings. The molecule has 0 fully saturated rings. The van der Waals surface area contributed by atoms with Crippen molar-refractivity contribution in [3.8, 4) is 22.5 Å². The molecule has 3 aromatic heterocycles. The van der Waals surface area contributed by atoms with E-state index in [-0.39, 0.29) is 0 Å². The lowest BCUT2D eigenvalue weighted by Crippen LogP contribution is -2.39. The minimum Gasteiger partial charge on any atom is -0.280 e. The summed E-state index contributed by atoms with van der Waals surface area (Å²) in [4.78, 5) is 4.68. The van der Waals surface area contributed by atoms with E-state index in [9.17, 15) is 0 Å². The smallest absolute Gasteiger partial charge is 0.184 e. The third-order valence-corrected chi connectivity index (χ3v) is 9.12. The number of nitrogens with one attached hydrogen (secondary N) is 1. The van der Waals surface area contributed by atoms with E-state index in [2.05, 4.69) is 143 Å². The Balaban J connectivity index is 1.25. The van der Waals surface area contributed by atoms with Crippen LogP contribution in [-0.4, -0.2) is 40.0 Å². The molecule has 234 valence electrons. The summed E-state index contributed by atoms with van der Waals surface area (Å²) in [5.41, 5.74) is 9.87. The van der Waals surface area contributed by atoms with Gasteiger partial charge in [-0.05, 0) is 57.2 Å². The molecule has 5 aromatic carbocycles. The van der Waals surface area contributed by atoms with E-state index in [0.29, 0.717) is 5.82 Å². The van der Waals surface area contributed by atoms with Gasteiger partial charge in [0.05, 0.1) is 0 Å². The average Bonchev–Trinajstić information content (AvgIpc) is 3.86. The van der Waals surface area contributed by atoms with Crippen molar-refractivity contribution in [3.05, 3.63) is 179 Å². The number of benzene rings is 5. The monoisotopic (exact) mass is 626 g/mol. The molecule has 1 N–H and O–H groups in total. The highest BCUT2D eigenvalue weighted by Crippen LogP contribution is 2.43. The van der Waals surface area contributed by atoms with Crippen molar-refractivity contribution in [2.24, 2.45) is 0 Å². The first kappa shape index (κ1) is 29.3. The first-order valence-electron chi connectivity index (χ1n) is 16.2. The third kappa shape index (κ3) is 4.89. The second-order valence-electron chi connectivity index (χ2n) is 12.0. The van der Waals surface area contributed by atoms with Crippen LogP contribution in [0.4, 0.5) is 0 Å². The maximum absolute atomic E-state index is 4.77. The highest BCUT2D eigenvalue weighted by molar-refractivity contribution is 5.81. The van der Waals surface area contributed by atoms with Crippen LogP contribution in [-0.2, 0) is 18.4 Å². The van der Waals surface area contributed by atoms with Gasteiger partial charge in [0.15, 0.2) is 11.5 Å². The Bertz CT molecular complexity index is 2200. The van der Waals surface area contributed by atoms with Crippen molar-refractivity contribution in [1.29, 1.82) is 0 Å². The zero-order valence-corrected chi connectivity index (χ0v) is 26.8. The summed E-state index contributed by atoms with van der Waals surface area (Å²) in [6.07, 6.45) is 1.65. The fourth-order valence-electron chi connectivity index (χ4n) is 6.92. The molecule has 48 heavy (non-hydrogen) atoms. The molecule has 0 atom stereocenters. The van der Waals surface area contributed by atoms with Gasteiger partial charge in [-0.2, -0.15) is 4.63 Å². The van der Waals surface area contributed by atoms with Gasteiger partial charge < -0.3 is 0 Å². The normalized spacial score (nSPS) is 11.7. The van der Waals surface area contributed by atoms with Gasteiger partial charge in [0, 0.05) is 23.2 Å². The Morgan fingerprint density at radius 2 is 1.23 bits per heavy atom. The van der Waals surface area contributed by atoms with Crippen LogP contribution < -0.4 is 0 Å². The molecule has 0 bridgehead atoms. The topological polar surface area (TPSA) is 89.6 Å². The quantitative estimate of drug-likeness (QED) is 0.166. The van der Waals surface area contributed by atoms with E-state index in [1.165, 1.54) is 11.1 Å². The van der Waals surface area contributed by atoms with E-state index >= 15 is 0 Å². The lowest BCUT2D eigenvalue weighted by Gasteiger charge is -2.36. The van der Waals surface area contributed by atoms with Crippen LogP contribution in [0.25, 0.3) is 28.2 Å². The molecule has 0 saturated carbocycles. The molecule has 8 rings (SSSR count). The Kier molecular flexibility index (Phi) is 7.45. The molecule has 3 heterocycles. The number of H-pyrrole nitrogens is 1. The lowest BCUT2D eigenvalue weighted by molar-refractivity contribution is 0.451. The fourth-order valence-corrected chi connectivity index (χ4v) is 6.92. The number of hydrogen-bond acceptors (Lipinski definition) is 5. The van der Waals surface area contributed by atoms with Crippen molar-refractivity contribution < 1.29 is 0 Å². The number of aromatic nitrogens is 8. The van der Waals surface area contributed by atoms with Gasteiger partial charge in [0.1, 0.15) is 11.4 Å². The summed E-state index contributed by atoms with van der Waals surface area (Å²) in [7, 11) is 0. The van der Waals surface area contributed by atoms with E-state index < -0.39 is 5.54 Å². The molecule has 8 nitrogen and oxygen atoms in total. The maximum Gasteiger partial charge on any atom is 0.184 e. The molecule has 0 radical (unpaired) electrons. The van der Waals surface area contributed by atoms with E-state index in [1.807, 2.05) is 35.9 Å². The summed E-state index contributed by atoms with van der Waals surface area (Å²) >= 11 is 0. The van der Waals surface area contributed by atoms with E-state index in [0.717, 1.165) is 63.4 Å². The first-order valence-corrected chi connectivity index (χ1v) is 16.2. The van der Waals surface area contributed by atoms with E-state index in [4.69, 9.17) is 10.3 Å². The molecular weight excluding hydrogens is 592 g/mol. The summed E-state index contributed by atoms with van der Waals surface area (Å²) in [5, 5.41) is 21.7. The number of aryl methyl sites for hydroxylation is 2. The second-order valence-corrected chi connectivity index (χ2v) is 12.0. The second kappa shape index (κ2) is 12.2. The van der Waals surface area contributed by atoms with Crippen LogP contribution in [0.3, 0.4) is 0 Å². The van der Waals surface area contributed by atoms with Gasteiger partial charge in [-0.25, -0.2) is 9.67 Å². The molecule has 0 aliphatic heterocycles. The van der Waals surface area contributed by atoms with Gasteiger partial charge in [-0.1, -0.05) is 146 Å². The summed E-state index contributed by atoms with van der Waals surface area (Å²) < 4.78 is 3.78. The summed E-state index contributed by atoms with van der Waals surface area (Å²) in [5.74, 6) is 1.44. The van der Waals surface area contributed by atoms with Crippen molar-refractivity contribution in [2.75, 3.05) is 0 Å². The average molecular weight is 627 g/mol. The highest BCUT2D eigenvalue weighted by atomic mass is 15.6. The van der Waals surface area contributed by atoms with Gasteiger partial charge in [-0.3, -0.25) is 5.10 Å². The zero-order valence-electron chi connectivity index (χ0n) is 26.8. The molecule has 0 spiro atoms.